The number of anilines is 2. The number of nitrogen functional groups attached to an aromatic ring is 1. The summed E-state index contributed by atoms with van der Waals surface area (Å²) in [5.74, 6) is 0.0763. The van der Waals surface area contributed by atoms with Gasteiger partial charge in [0.05, 0.1) is 17.8 Å². The lowest BCUT2D eigenvalue weighted by Gasteiger charge is -2.38. The van der Waals surface area contributed by atoms with Crippen molar-refractivity contribution in [3.8, 4) is 0 Å². The molecule has 4 heteroatoms. The fourth-order valence-electron chi connectivity index (χ4n) is 3.33. The molecule has 4 nitrogen and oxygen atoms in total. The first kappa shape index (κ1) is 15.7. The number of carbonyl (C=O) groups is 1. The second kappa shape index (κ2) is 7.34. The standard InChI is InChI=1S/C17H26N2O2/c1-2-13-7-9-14(10-8-13)19(12-11-17(20)21)16-6-4-3-5-15(16)18/h3-6,13-14H,2,7-12,18H2,1H3,(H,20,21). The van der Waals surface area contributed by atoms with E-state index in [0.717, 1.165) is 30.1 Å². The summed E-state index contributed by atoms with van der Waals surface area (Å²) in [6.45, 7) is 2.79. The maximum Gasteiger partial charge on any atom is 0.305 e. The molecule has 2 rings (SSSR count). The van der Waals surface area contributed by atoms with E-state index in [1.807, 2.05) is 24.3 Å². The monoisotopic (exact) mass is 290 g/mol. The second-order valence-electron chi connectivity index (χ2n) is 5.98. The minimum atomic E-state index is -0.753. The van der Waals surface area contributed by atoms with Gasteiger partial charge in [0.2, 0.25) is 0 Å². The van der Waals surface area contributed by atoms with Crippen LogP contribution in [0.2, 0.25) is 0 Å². The maximum absolute atomic E-state index is 10.9. The highest BCUT2D eigenvalue weighted by molar-refractivity contribution is 5.71. The number of hydrogen-bond donors (Lipinski definition) is 2. The van der Waals surface area contributed by atoms with Gasteiger partial charge in [-0.3, -0.25) is 4.79 Å². The summed E-state index contributed by atoms with van der Waals surface area (Å²) in [7, 11) is 0. The number of aliphatic carboxylic acids is 1. The zero-order chi connectivity index (χ0) is 15.2. The Balaban J connectivity index is 2.13. The first-order valence-electron chi connectivity index (χ1n) is 7.94. The Morgan fingerprint density at radius 1 is 1.29 bits per heavy atom. The summed E-state index contributed by atoms with van der Waals surface area (Å²) in [5, 5.41) is 9.00. The van der Waals surface area contributed by atoms with Crippen molar-refractivity contribution in [1.29, 1.82) is 0 Å². The van der Waals surface area contributed by atoms with E-state index in [9.17, 15) is 4.79 Å². The lowest BCUT2D eigenvalue weighted by Crippen LogP contribution is -2.40. The Morgan fingerprint density at radius 2 is 1.95 bits per heavy atom. The average molecular weight is 290 g/mol. The van der Waals surface area contributed by atoms with E-state index in [1.165, 1.54) is 19.3 Å². The molecule has 0 unspecified atom stereocenters. The SMILES string of the molecule is CCC1CCC(N(CCC(=O)O)c2ccccc2N)CC1. The van der Waals surface area contributed by atoms with Gasteiger partial charge in [-0.1, -0.05) is 25.5 Å². The van der Waals surface area contributed by atoms with Gasteiger partial charge in [-0.05, 0) is 43.7 Å². The predicted octanol–water partition coefficient (Wildman–Crippen LogP) is 3.52. The average Bonchev–Trinajstić information content (AvgIpc) is 2.49. The third-order valence-corrected chi connectivity index (χ3v) is 4.65. The van der Waals surface area contributed by atoms with Gasteiger partial charge in [0.1, 0.15) is 0 Å². The molecule has 0 atom stereocenters. The van der Waals surface area contributed by atoms with Crippen LogP contribution in [0.1, 0.15) is 45.4 Å². The third kappa shape index (κ3) is 4.13. The zero-order valence-electron chi connectivity index (χ0n) is 12.8. The molecule has 1 saturated carbocycles. The van der Waals surface area contributed by atoms with E-state index < -0.39 is 5.97 Å². The van der Waals surface area contributed by atoms with Crippen molar-refractivity contribution >= 4 is 17.3 Å². The van der Waals surface area contributed by atoms with Crippen LogP contribution >= 0.6 is 0 Å². The second-order valence-corrected chi connectivity index (χ2v) is 5.98. The summed E-state index contributed by atoms with van der Waals surface area (Å²) in [4.78, 5) is 13.2. The molecule has 0 aromatic heterocycles. The van der Waals surface area contributed by atoms with E-state index >= 15 is 0 Å². The van der Waals surface area contributed by atoms with Gasteiger partial charge >= 0.3 is 5.97 Å². The molecule has 0 spiro atoms. The maximum atomic E-state index is 10.9. The van der Waals surface area contributed by atoms with Crippen molar-refractivity contribution in [3.05, 3.63) is 24.3 Å². The fourth-order valence-corrected chi connectivity index (χ4v) is 3.33. The normalized spacial score (nSPS) is 22.0. The largest absolute Gasteiger partial charge is 0.481 e. The number of nitrogens with zero attached hydrogens (tertiary/aromatic N) is 1. The molecule has 0 radical (unpaired) electrons. The molecule has 1 aliphatic carbocycles. The van der Waals surface area contributed by atoms with E-state index in [4.69, 9.17) is 10.8 Å². The quantitative estimate of drug-likeness (QED) is 0.787. The van der Waals surface area contributed by atoms with Gasteiger partial charge in [0, 0.05) is 12.6 Å². The van der Waals surface area contributed by atoms with Crippen LogP contribution in [0.4, 0.5) is 11.4 Å². The van der Waals surface area contributed by atoms with Crippen molar-refractivity contribution in [1.82, 2.24) is 0 Å². The summed E-state index contributed by atoms with van der Waals surface area (Å²) >= 11 is 0. The Labute approximate surface area is 126 Å². The number of rotatable bonds is 6. The van der Waals surface area contributed by atoms with E-state index in [1.54, 1.807) is 0 Å². The fraction of sp³-hybridized carbons (Fsp3) is 0.588. The number of hydrogen-bond acceptors (Lipinski definition) is 3. The van der Waals surface area contributed by atoms with Crippen molar-refractivity contribution in [2.45, 2.75) is 51.5 Å². The van der Waals surface area contributed by atoms with Gasteiger partial charge in [0.25, 0.3) is 0 Å². The van der Waals surface area contributed by atoms with Gasteiger partial charge in [0.15, 0.2) is 0 Å². The van der Waals surface area contributed by atoms with Gasteiger partial charge in [-0.2, -0.15) is 0 Å². The highest BCUT2D eigenvalue weighted by Gasteiger charge is 2.26. The van der Waals surface area contributed by atoms with E-state index in [2.05, 4.69) is 11.8 Å². The van der Waals surface area contributed by atoms with Crippen LogP contribution in [0.5, 0.6) is 0 Å². The highest BCUT2D eigenvalue weighted by Crippen LogP contribution is 2.34. The van der Waals surface area contributed by atoms with Crippen molar-refractivity contribution in [2.75, 3.05) is 17.2 Å². The number of carboxylic acid groups (broad SMARTS) is 1. The molecule has 3 N–H and O–H groups in total. The minimum absolute atomic E-state index is 0.155. The molecule has 0 amide bonds. The van der Waals surface area contributed by atoms with Crippen molar-refractivity contribution in [2.24, 2.45) is 5.92 Å². The first-order valence-corrected chi connectivity index (χ1v) is 7.94. The van der Waals surface area contributed by atoms with E-state index in [-0.39, 0.29) is 6.42 Å². The highest BCUT2D eigenvalue weighted by atomic mass is 16.4. The summed E-state index contributed by atoms with van der Waals surface area (Å²) in [6, 6.07) is 8.19. The molecule has 0 heterocycles. The molecule has 1 aliphatic rings. The molecule has 0 bridgehead atoms. The summed E-state index contributed by atoms with van der Waals surface area (Å²) in [5.41, 5.74) is 7.82. The molecule has 1 fully saturated rings. The molecule has 1 aromatic rings. The van der Waals surface area contributed by atoms with Gasteiger partial charge < -0.3 is 15.7 Å². The topological polar surface area (TPSA) is 66.6 Å². The molecule has 0 saturated heterocycles. The van der Waals surface area contributed by atoms with Crippen LogP contribution in [-0.4, -0.2) is 23.7 Å². The van der Waals surface area contributed by atoms with Crippen LogP contribution < -0.4 is 10.6 Å². The molecular weight excluding hydrogens is 264 g/mol. The molecule has 1 aromatic carbocycles. The molecule has 21 heavy (non-hydrogen) atoms. The Hall–Kier alpha value is -1.71. The Kier molecular flexibility index (Phi) is 5.48. The number of para-hydroxylation sites is 2. The van der Waals surface area contributed by atoms with Crippen molar-refractivity contribution < 1.29 is 9.90 Å². The number of benzene rings is 1. The predicted molar refractivity (Wildman–Crippen MR) is 86.5 cm³/mol. The van der Waals surface area contributed by atoms with E-state index in [0.29, 0.717) is 12.6 Å². The zero-order valence-corrected chi connectivity index (χ0v) is 12.8. The van der Waals surface area contributed by atoms with Gasteiger partial charge in [-0.15, -0.1) is 0 Å². The third-order valence-electron chi connectivity index (χ3n) is 4.65. The lowest BCUT2D eigenvalue weighted by atomic mass is 9.83. The van der Waals surface area contributed by atoms with Crippen LogP contribution in [0, 0.1) is 5.92 Å². The summed E-state index contributed by atoms with van der Waals surface area (Å²) in [6.07, 6.45) is 6.13. The Bertz CT molecular complexity index is 468. The first-order chi connectivity index (χ1) is 10.1. The molecule has 0 aliphatic heterocycles. The smallest absolute Gasteiger partial charge is 0.305 e. The lowest BCUT2D eigenvalue weighted by molar-refractivity contribution is -0.136. The van der Waals surface area contributed by atoms with Crippen molar-refractivity contribution in [3.63, 3.8) is 0 Å². The minimum Gasteiger partial charge on any atom is -0.481 e. The number of nitrogens with two attached hydrogens (primary N) is 1. The summed E-state index contributed by atoms with van der Waals surface area (Å²) < 4.78 is 0. The van der Waals surface area contributed by atoms with Crippen LogP contribution in [0.3, 0.4) is 0 Å². The number of carboxylic acids is 1. The molecular formula is C17H26N2O2. The van der Waals surface area contributed by atoms with Crippen LogP contribution in [0.15, 0.2) is 24.3 Å². The van der Waals surface area contributed by atoms with Crippen LogP contribution in [0.25, 0.3) is 0 Å². The Morgan fingerprint density at radius 3 is 2.52 bits per heavy atom. The molecule has 116 valence electrons. The van der Waals surface area contributed by atoms with Gasteiger partial charge in [-0.25, -0.2) is 0 Å². The van der Waals surface area contributed by atoms with Crippen LogP contribution in [-0.2, 0) is 4.79 Å².